The van der Waals surface area contributed by atoms with E-state index < -0.39 is 5.76 Å². The number of carbonyl (C=O) groups excluding carboxylic acids is 1. The molecule has 152 valence electrons. The van der Waals surface area contributed by atoms with E-state index in [-0.39, 0.29) is 18.4 Å². The molecular formula is C22H20N4O4. The van der Waals surface area contributed by atoms with E-state index >= 15 is 0 Å². The Morgan fingerprint density at radius 3 is 2.70 bits per heavy atom. The number of aromatic nitrogens is 3. The zero-order valence-corrected chi connectivity index (χ0v) is 16.2. The topological polar surface area (TPSA) is 94.4 Å². The van der Waals surface area contributed by atoms with Gasteiger partial charge in [0.2, 0.25) is 17.7 Å². The third-order valence-electron chi connectivity index (χ3n) is 5.46. The number of oxazole rings is 1. The van der Waals surface area contributed by atoms with Crippen LogP contribution in [0, 0.1) is 5.92 Å². The van der Waals surface area contributed by atoms with Gasteiger partial charge in [0.25, 0.3) is 0 Å². The van der Waals surface area contributed by atoms with Crippen LogP contribution in [0.4, 0.5) is 0 Å². The summed E-state index contributed by atoms with van der Waals surface area (Å²) in [5.41, 5.74) is 2.00. The first-order valence-corrected chi connectivity index (χ1v) is 9.91. The van der Waals surface area contributed by atoms with Gasteiger partial charge in [-0.3, -0.25) is 9.36 Å². The van der Waals surface area contributed by atoms with E-state index in [1.807, 2.05) is 36.4 Å². The summed E-state index contributed by atoms with van der Waals surface area (Å²) in [4.78, 5) is 26.7. The Hall–Kier alpha value is -3.68. The smallest absolute Gasteiger partial charge is 0.420 e. The first-order valence-electron chi connectivity index (χ1n) is 9.91. The second kappa shape index (κ2) is 7.62. The minimum absolute atomic E-state index is 0.0265. The van der Waals surface area contributed by atoms with Crippen LogP contribution in [0.1, 0.15) is 12.3 Å². The maximum Gasteiger partial charge on any atom is 0.420 e. The van der Waals surface area contributed by atoms with Gasteiger partial charge in [-0.2, -0.15) is 0 Å². The standard InChI is InChI=1S/C22H20N4O4/c27-20(14-26-17-8-4-5-9-18(17)29-22(26)28)25-11-10-15(13-25)12-19-23-24-21(30-19)16-6-2-1-3-7-16/h1-9,15H,10-14H2. The molecule has 1 unspecified atom stereocenters. The average molecular weight is 404 g/mol. The Morgan fingerprint density at radius 2 is 1.83 bits per heavy atom. The molecule has 4 aromatic rings. The SMILES string of the molecule is O=C(Cn1c(=O)oc2ccccc21)N1CCC(Cc2nnc(-c3ccccc3)o2)C1. The van der Waals surface area contributed by atoms with Crippen molar-refractivity contribution in [1.29, 1.82) is 0 Å². The number of para-hydroxylation sites is 2. The molecule has 1 aliphatic heterocycles. The average Bonchev–Trinajstić information content (AvgIpc) is 3.49. The van der Waals surface area contributed by atoms with Crippen molar-refractivity contribution in [3.63, 3.8) is 0 Å². The molecule has 1 saturated heterocycles. The lowest BCUT2D eigenvalue weighted by molar-refractivity contribution is -0.130. The summed E-state index contributed by atoms with van der Waals surface area (Å²) in [6.45, 7) is 1.22. The molecule has 5 rings (SSSR count). The predicted octanol–water partition coefficient (Wildman–Crippen LogP) is 2.74. The molecule has 3 heterocycles. The van der Waals surface area contributed by atoms with Gasteiger partial charge in [-0.15, -0.1) is 10.2 Å². The van der Waals surface area contributed by atoms with Crippen molar-refractivity contribution in [2.75, 3.05) is 13.1 Å². The molecule has 0 saturated carbocycles. The van der Waals surface area contributed by atoms with Crippen LogP contribution >= 0.6 is 0 Å². The van der Waals surface area contributed by atoms with Crippen molar-refractivity contribution >= 4 is 17.0 Å². The fraction of sp³-hybridized carbons (Fsp3) is 0.273. The number of hydrogen-bond acceptors (Lipinski definition) is 6. The summed E-state index contributed by atoms with van der Waals surface area (Å²) in [5, 5.41) is 8.28. The zero-order valence-electron chi connectivity index (χ0n) is 16.2. The highest BCUT2D eigenvalue weighted by Gasteiger charge is 2.28. The van der Waals surface area contributed by atoms with Gasteiger partial charge in [-0.1, -0.05) is 30.3 Å². The van der Waals surface area contributed by atoms with Crippen LogP contribution in [0.3, 0.4) is 0 Å². The third-order valence-corrected chi connectivity index (χ3v) is 5.46. The Balaban J connectivity index is 1.23. The Morgan fingerprint density at radius 1 is 1.03 bits per heavy atom. The summed E-state index contributed by atoms with van der Waals surface area (Å²) in [6.07, 6.45) is 1.48. The van der Waals surface area contributed by atoms with Crippen LogP contribution in [0.5, 0.6) is 0 Å². The fourth-order valence-corrected chi connectivity index (χ4v) is 3.91. The number of amides is 1. The van der Waals surface area contributed by atoms with Gasteiger partial charge in [0.05, 0.1) is 5.52 Å². The molecule has 0 N–H and O–H groups in total. The Kier molecular flexibility index (Phi) is 4.66. The number of fused-ring (bicyclic) bond motifs is 1. The first kappa shape index (κ1) is 18.4. The van der Waals surface area contributed by atoms with Crippen molar-refractivity contribution in [3.8, 4) is 11.5 Å². The summed E-state index contributed by atoms with van der Waals surface area (Å²) in [5.74, 6) is 0.713. The second-order valence-electron chi connectivity index (χ2n) is 7.49. The highest BCUT2D eigenvalue weighted by molar-refractivity contribution is 5.79. The maximum absolute atomic E-state index is 12.8. The zero-order chi connectivity index (χ0) is 20.5. The molecule has 2 aromatic carbocycles. The van der Waals surface area contributed by atoms with E-state index in [1.54, 1.807) is 23.1 Å². The molecule has 8 nitrogen and oxygen atoms in total. The van der Waals surface area contributed by atoms with Gasteiger partial charge in [0, 0.05) is 25.1 Å². The van der Waals surface area contributed by atoms with Crippen LogP contribution in [0.25, 0.3) is 22.6 Å². The summed E-state index contributed by atoms with van der Waals surface area (Å²) < 4.78 is 12.4. The molecule has 1 aliphatic rings. The molecule has 0 radical (unpaired) electrons. The molecular weight excluding hydrogens is 384 g/mol. The van der Waals surface area contributed by atoms with Crippen LogP contribution in [0.2, 0.25) is 0 Å². The summed E-state index contributed by atoms with van der Waals surface area (Å²) in [7, 11) is 0. The van der Waals surface area contributed by atoms with Crippen LogP contribution in [-0.2, 0) is 17.8 Å². The number of hydrogen-bond donors (Lipinski definition) is 0. The molecule has 0 bridgehead atoms. The molecule has 1 amide bonds. The number of likely N-dealkylation sites (tertiary alicyclic amines) is 1. The lowest BCUT2D eigenvalue weighted by Gasteiger charge is -2.16. The van der Waals surface area contributed by atoms with Gasteiger partial charge in [0.1, 0.15) is 6.54 Å². The normalized spacial score (nSPS) is 16.4. The fourth-order valence-electron chi connectivity index (χ4n) is 3.91. The number of carbonyl (C=O) groups is 1. The van der Waals surface area contributed by atoms with E-state index in [0.29, 0.717) is 42.4 Å². The van der Waals surface area contributed by atoms with Crippen molar-refractivity contribution in [3.05, 3.63) is 71.0 Å². The van der Waals surface area contributed by atoms with Crippen LogP contribution in [0.15, 0.2) is 68.2 Å². The van der Waals surface area contributed by atoms with Gasteiger partial charge in [-0.25, -0.2) is 4.79 Å². The van der Waals surface area contributed by atoms with E-state index in [1.165, 1.54) is 4.57 Å². The minimum atomic E-state index is -0.514. The first-order chi connectivity index (χ1) is 14.7. The highest BCUT2D eigenvalue weighted by Crippen LogP contribution is 2.23. The quantitative estimate of drug-likeness (QED) is 0.508. The molecule has 30 heavy (non-hydrogen) atoms. The lowest BCUT2D eigenvalue weighted by atomic mass is 10.1. The summed E-state index contributed by atoms with van der Waals surface area (Å²) >= 11 is 0. The van der Waals surface area contributed by atoms with E-state index in [9.17, 15) is 9.59 Å². The molecule has 1 fully saturated rings. The van der Waals surface area contributed by atoms with Gasteiger partial charge in [0.15, 0.2) is 5.58 Å². The van der Waals surface area contributed by atoms with E-state index in [0.717, 1.165) is 12.0 Å². The lowest BCUT2D eigenvalue weighted by Crippen LogP contribution is -2.34. The van der Waals surface area contributed by atoms with E-state index in [2.05, 4.69) is 10.2 Å². The van der Waals surface area contributed by atoms with Crippen molar-refractivity contribution in [2.24, 2.45) is 5.92 Å². The molecule has 2 aromatic heterocycles. The monoisotopic (exact) mass is 404 g/mol. The molecule has 8 heteroatoms. The largest absolute Gasteiger partial charge is 0.421 e. The maximum atomic E-state index is 12.8. The number of nitrogens with zero attached hydrogens (tertiary/aromatic N) is 4. The van der Waals surface area contributed by atoms with Gasteiger partial charge < -0.3 is 13.7 Å². The Bertz CT molecular complexity index is 1240. The van der Waals surface area contributed by atoms with Crippen LogP contribution < -0.4 is 5.76 Å². The molecule has 0 aliphatic carbocycles. The number of rotatable bonds is 5. The number of benzene rings is 2. The molecule has 0 spiro atoms. The van der Waals surface area contributed by atoms with Crippen molar-refractivity contribution < 1.29 is 13.6 Å². The van der Waals surface area contributed by atoms with Gasteiger partial charge in [-0.05, 0) is 36.6 Å². The summed E-state index contributed by atoms with van der Waals surface area (Å²) in [6, 6.07) is 16.7. The highest BCUT2D eigenvalue weighted by atomic mass is 16.4. The van der Waals surface area contributed by atoms with Gasteiger partial charge >= 0.3 is 5.76 Å². The third kappa shape index (κ3) is 3.52. The Labute approximate surface area is 171 Å². The van der Waals surface area contributed by atoms with Crippen molar-refractivity contribution in [2.45, 2.75) is 19.4 Å². The minimum Gasteiger partial charge on any atom is -0.421 e. The van der Waals surface area contributed by atoms with E-state index in [4.69, 9.17) is 8.83 Å². The predicted molar refractivity (Wildman–Crippen MR) is 109 cm³/mol. The van der Waals surface area contributed by atoms with Crippen molar-refractivity contribution in [1.82, 2.24) is 19.7 Å². The molecule has 1 atom stereocenters. The van der Waals surface area contributed by atoms with Crippen LogP contribution in [-0.4, -0.2) is 38.7 Å². The second-order valence-corrected chi connectivity index (χ2v) is 7.49.